The smallest absolute Gasteiger partial charge is 0.216 e. The second-order valence-corrected chi connectivity index (χ2v) is 8.70. The topological polar surface area (TPSA) is 43.4 Å². The predicted octanol–water partition coefficient (Wildman–Crippen LogP) is 5.74. The summed E-state index contributed by atoms with van der Waals surface area (Å²) in [7, 11) is -1.47. The molecule has 0 bridgehead atoms. The van der Waals surface area contributed by atoms with E-state index in [1.54, 1.807) is 12.1 Å². The van der Waals surface area contributed by atoms with Crippen molar-refractivity contribution in [3.63, 3.8) is 0 Å². The highest BCUT2D eigenvalue weighted by Crippen LogP contribution is 2.42. The molecule has 0 aliphatic rings. The number of aryl methyl sites for hydroxylation is 2. The summed E-state index contributed by atoms with van der Waals surface area (Å²) in [6.07, 6.45) is 0. The maximum Gasteiger partial charge on any atom is 0.216 e. The summed E-state index contributed by atoms with van der Waals surface area (Å²) >= 11 is 0. The molecule has 4 heteroatoms. The van der Waals surface area contributed by atoms with Gasteiger partial charge in [0.25, 0.3) is 0 Å². The van der Waals surface area contributed by atoms with Crippen molar-refractivity contribution in [2.24, 2.45) is 0 Å². The lowest BCUT2D eigenvalue weighted by atomic mass is 9.89. The van der Waals surface area contributed by atoms with Crippen LogP contribution in [0.3, 0.4) is 0 Å². The molecule has 0 amide bonds. The van der Waals surface area contributed by atoms with E-state index in [0.29, 0.717) is 23.3 Å². The Balaban J connectivity index is 2.12. The Bertz CT molecular complexity index is 1030. The Morgan fingerprint density at radius 3 is 1.97 bits per heavy atom. The fourth-order valence-corrected chi connectivity index (χ4v) is 5.39. The number of hydrogen-bond acceptors (Lipinski definition) is 3. The van der Waals surface area contributed by atoms with Gasteiger partial charge in [0.05, 0.1) is 0 Å². The Morgan fingerprint density at radius 2 is 1.38 bits per heavy atom. The molecule has 0 aliphatic carbocycles. The van der Waals surface area contributed by atoms with Gasteiger partial charge in [0, 0.05) is 28.6 Å². The monoisotopic (exact) mass is 404 g/mol. The first-order chi connectivity index (χ1) is 14.0. The molecule has 0 spiro atoms. The van der Waals surface area contributed by atoms with Crippen LogP contribution in [0.5, 0.6) is 0 Å². The first kappa shape index (κ1) is 21.1. The third-order valence-corrected chi connectivity index (χ3v) is 6.76. The van der Waals surface area contributed by atoms with Crippen LogP contribution in [0.4, 0.5) is 0 Å². The third kappa shape index (κ3) is 4.37. The lowest BCUT2D eigenvalue weighted by Crippen LogP contribution is -2.16. The van der Waals surface area contributed by atoms with Crippen LogP contribution >= 0.6 is 8.15 Å². The van der Waals surface area contributed by atoms with Crippen LogP contribution in [0.2, 0.25) is 0 Å². The van der Waals surface area contributed by atoms with Crippen molar-refractivity contribution in [3.05, 3.63) is 100 Å². The van der Waals surface area contributed by atoms with Gasteiger partial charge in [0.2, 0.25) is 5.52 Å². The molecule has 0 saturated heterocycles. The summed E-state index contributed by atoms with van der Waals surface area (Å²) < 4.78 is 5.90. The molecular weight excluding hydrogens is 379 g/mol. The van der Waals surface area contributed by atoms with Crippen LogP contribution < -0.4 is 5.30 Å². The minimum atomic E-state index is -1.47. The summed E-state index contributed by atoms with van der Waals surface area (Å²) in [6.45, 7) is 8.06. The summed E-state index contributed by atoms with van der Waals surface area (Å²) in [5.74, 6) is -0.0601. The van der Waals surface area contributed by atoms with Crippen LogP contribution in [0.25, 0.3) is 0 Å². The first-order valence-corrected chi connectivity index (χ1v) is 10.9. The predicted molar refractivity (Wildman–Crippen MR) is 119 cm³/mol. The molecule has 1 unspecified atom stereocenters. The summed E-state index contributed by atoms with van der Waals surface area (Å²) in [6, 6.07) is 20.7. The van der Waals surface area contributed by atoms with E-state index >= 15 is 0 Å². The van der Waals surface area contributed by atoms with Gasteiger partial charge in [0.1, 0.15) is 8.15 Å². The number of hydrogen-bond donors (Lipinski definition) is 0. The van der Waals surface area contributed by atoms with Gasteiger partial charge in [-0.1, -0.05) is 66.7 Å². The van der Waals surface area contributed by atoms with E-state index in [2.05, 4.69) is 0 Å². The van der Waals surface area contributed by atoms with Gasteiger partial charge < -0.3 is 4.52 Å². The van der Waals surface area contributed by atoms with E-state index in [4.69, 9.17) is 4.52 Å². The van der Waals surface area contributed by atoms with Crippen LogP contribution in [0, 0.1) is 20.8 Å². The van der Waals surface area contributed by atoms with E-state index in [-0.39, 0.29) is 11.3 Å². The average molecular weight is 404 g/mol. The molecule has 148 valence electrons. The van der Waals surface area contributed by atoms with Crippen molar-refractivity contribution in [2.75, 3.05) is 6.61 Å². The first-order valence-electron chi connectivity index (χ1n) is 9.68. The van der Waals surface area contributed by atoms with Gasteiger partial charge in [-0.05, 0) is 44.4 Å². The number of rotatable bonds is 7. The van der Waals surface area contributed by atoms with Gasteiger partial charge in [0.15, 0.2) is 5.78 Å². The molecule has 0 aliphatic heterocycles. The molecule has 3 rings (SSSR count). The number of ketones is 1. The molecule has 0 fully saturated rings. The molecule has 0 radical (unpaired) electrons. The van der Waals surface area contributed by atoms with E-state index in [1.807, 2.05) is 82.3 Å². The van der Waals surface area contributed by atoms with Crippen molar-refractivity contribution >= 4 is 24.8 Å². The summed E-state index contributed by atoms with van der Waals surface area (Å²) in [4.78, 5) is 26.8. The Labute approximate surface area is 173 Å². The maximum absolute atomic E-state index is 13.6. The van der Waals surface area contributed by atoms with Crippen molar-refractivity contribution in [3.8, 4) is 0 Å². The Morgan fingerprint density at radius 1 is 0.828 bits per heavy atom. The quantitative estimate of drug-likeness (QED) is 0.372. The molecular formula is C25H25O3P. The van der Waals surface area contributed by atoms with Crippen LogP contribution in [0.15, 0.2) is 66.7 Å². The second-order valence-electron chi connectivity index (χ2n) is 6.93. The van der Waals surface area contributed by atoms with Crippen LogP contribution in [-0.4, -0.2) is 17.9 Å². The van der Waals surface area contributed by atoms with Crippen molar-refractivity contribution in [1.82, 2.24) is 0 Å². The lowest BCUT2D eigenvalue weighted by Gasteiger charge is -2.21. The highest BCUT2D eigenvalue weighted by molar-refractivity contribution is 7.78. The molecule has 0 heterocycles. The zero-order valence-corrected chi connectivity index (χ0v) is 18.1. The average Bonchev–Trinajstić information content (AvgIpc) is 2.72. The molecule has 3 nitrogen and oxygen atoms in total. The summed E-state index contributed by atoms with van der Waals surface area (Å²) in [5.41, 5.74) is 4.25. The zero-order chi connectivity index (χ0) is 21.0. The molecule has 0 saturated carbocycles. The molecule has 1 atom stereocenters. The minimum absolute atomic E-state index is 0.0508. The number of carbonyl (C=O) groups is 2. The molecule has 0 aromatic heterocycles. The van der Waals surface area contributed by atoms with Crippen molar-refractivity contribution in [2.45, 2.75) is 27.7 Å². The van der Waals surface area contributed by atoms with Gasteiger partial charge >= 0.3 is 0 Å². The zero-order valence-electron chi connectivity index (χ0n) is 17.2. The fraction of sp³-hybridized carbons (Fsp3) is 0.200. The normalized spacial score (nSPS) is 11.9. The fourth-order valence-electron chi connectivity index (χ4n) is 3.64. The van der Waals surface area contributed by atoms with Crippen molar-refractivity contribution in [1.29, 1.82) is 0 Å². The standard InChI is InChI=1S/C25H25O3P/c1-5-28-29(21-14-10-7-11-15-21)25(27)23-18(3)16-17(2)22(19(23)4)24(26)20-12-8-6-9-13-20/h6-16H,5H2,1-4H3. The number of benzene rings is 3. The van der Waals surface area contributed by atoms with Gasteiger partial charge in [-0.3, -0.25) is 9.59 Å². The lowest BCUT2D eigenvalue weighted by molar-refractivity contribution is 0.103. The molecule has 3 aromatic carbocycles. The second kappa shape index (κ2) is 9.26. The van der Waals surface area contributed by atoms with Gasteiger partial charge in [-0.15, -0.1) is 0 Å². The van der Waals surface area contributed by atoms with Crippen molar-refractivity contribution < 1.29 is 14.1 Å². The molecule has 3 aromatic rings. The van der Waals surface area contributed by atoms with E-state index in [1.165, 1.54) is 0 Å². The van der Waals surface area contributed by atoms with Gasteiger partial charge in [-0.25, -0.2) is 0 Å². The van der Waals surface area contributed by atoms with Crippen LogP contribution in [0.1, 0.15) is 49.9 Å². The van der Waals surface area contributed by atoms with E-state index < -0.39 is 8.15 Å². The maximum atomic E-state index is 13.6. The summed E-state index contributed by atoms with van der Waals surface area (Å²) in [5, 5.41) is 0.879. The number of carbonyl (C=O) groups excluding carboxylic acids is 2. The minimum Gasteiger partial charge on any atom is -0.347 e. The van der Waals surface area contributed by atoms with Crippen LogP contribution in [-0.2, 0) is 4.52 Å². The van der Waals surface area contributed by atoms with E-state index in [0.717, 1.165) is 22.0 Å². The SMILES string of the molecule is CCOP(C(=O)c1c(C)cc(C)c(C(=O)c2ccccc2)c1C)c1ccccc1. The molecule has 29 heavy (non-hydrogen) atoms. The van der Waals surface area contributed by atoms with Gasteiger partial charge in [-0.2, -0.15) is 0 Å². The van der Waals surface area contributed by atoms with E-state index in [9.17, 15) is 9.59 Å². The molecule has 0 N–H and O–H groups in total. The highest BCUT2D eigenvalue weighted by Gasteiger charge is 2.28. The largest absolute Gasteiger partial charge is 0.347 e. The Hall–Kier alpha value is -2.61. The Kier molecular flexibility index (Phi) is 6.74. The highest BCUT2D eigenvalue weighted by atomic mass is 31.1. The third-order valence-electron chi connectivity index (χ3n) is 4.88.